The Balaban J connectivity index is 1.28. The summed E-state index contributed by atoms with van der Waals surface area (Å²) in [5, 5.41) is 9.47. The molecule has 0 fully saturated rings. The fourth-order valence-corrected chi connectivity index (χ4v) is 6.54. The van der Waals surface area contributed by atoms with Crippen molar-refractivity contribution in [2.75, 3.05) is 0 Å². The minimum absolute atomic E-state index is 0.871. The zero-order chi connectivity index (χ0) is 28.3. The van der Waals surface area contributed by atoms with Crippen LogP contribution in [0.5, 0.6) is 0 Å². The van der Waals surface area contributed by atoms with Crippen LogP contribution < -0.4 is 0 Å². The normalized spacial score (nSPS) is 11.7. The maximum absolute atomic E-state index is 5.02. The van der Waals surface area contributed by atoms with Gasteiger partial charge in [-0.3, -0.25) is 14.5 Å². The summed E-state index contributed by atoms with van der Waals surface area (Å²) in [4.78, 5) is 14.6. The average Bonchev–Trinajstić information content (AvgIpc) is 3.42. The topological polar surface area (TPSA) is 43.6 Å². The van der Waals surface area contributed by atoms with Crippen LogP contribution in [0.25, 0.3) is 82.5 Å². The van der Waals surface area contributed by atoms with E-state index in [4.69, 9.17) is 15.0 Å². The summed E-state index contributed by atoms with van der Waals surface area (Å²) < 4.78 is 2.28. The molecule has 4 aromatic heterocycles. The molecule has 0 radical (unpaired) electrons. The van der Waals surface area contributed by atoms with Gasteiger partial charge in [-0.15, -0.1) is 0 Å². The molecule has 0 bridgehead atoms. The lowest BCUT2D eigenvalue weighted by Gasteiger charge is -2.10. The highest BCUT2D eigenvalue weighted by molar-refractivity contribution is 6.22. The number of rotatable bonds is 3. The summed E-state index contributed by atoms with van der Waals surface area (Å²) in [6.07, 6.45) is 5.71. The molecule has 0 atom stereocenters. The molecule has 0 aliphatic heterocycles. The quantitative estimate of drug-likeness (QED) is 0.221. The van der Waals surface area contributed by atoms with Gasteiger partial charge in [0.15, 0.2) is 0 Å². The van der Waals surface area contributed by atoms with Crippen molar-refractivity contribution in [1.82, 2.24) is 19.5 Å². The molecule has 5 aromatic carbocycles. The van der Waals surface area contributed by atoms with Crippen molar-refractivity contribution >= 4 is 54.1 Å². The Kier molecular flexibility index (Phi) is 5.16. The SMILES string of the molecule is c1ccc2c(-c3ccc(-n4c5ccc(-c6nccc7ccccc67)cc5c5c6ccccc6ccc54)nc3)nccc2c1. The van der Waals surface area contributed by atoms with Gasteiger partial charge in [-0.2, -0.15) is 0 Å². The monoisotopic (exact) mass is 548 g/mol. The van der Waals surface area contributed by atoms with Gasteiger partial charge in [-0.1, -0.05) is 84.9 Å². The Morgan fingerprint density at radius 3 is 1.67 bits per heavy atom. The number of pyridine rings is 3. The van der Waals surface area contributed by atoms with Gasteiger partial charge in [-0.05, 0) is 64.0 Å². The third-order valence-corrected chi connectivity index (χ3v) is 8.53. The molecule has 0 aliphatic carbocycles. The summed E-state index contributed by atoms with van der Waals surface area (Å²) in [6.45, 7) is 0. The van der Waals surface area contributed by atoms with Gasteiger partial charge >= 0.3 is 0 Å². The average molecular weight is 549 g/mol. The van der Waals surface area contributed by atoms with E-state index in [9.17, 15) is 0 Å². The Labute approximate surface area is 247 Å². The van der Waals surface area contributed by atoms with Crippen LogP contribution in [0.15, 0.2) is 146 Å². The van der Waals surface area contributed by atoms with E-state index in [1.54, 1.807) is 0 Å². The van der Waals surface area contributed by atoms with Gasteiger partial charge in [0.25, 0.3) is 0 Å². The Bertz CT molecular complexity index is 2500. The van der Waals surface area contributed by atoms with Crippen LogP contribution in [-0.4, -0.2) is 19.5 Å². The van der Waals surface area contributed by atoms with Crippen LogP contribution in [0.1, 0.15) is 0 Å². The van der Waals surface area contributed by atoms with Gasteiger partial charge in [0, 0.05) is 51.3 Å². The summed E-state index contributed by atoms with van der Waals surface area (Å²) in [5.74, 6) is 0.871. The van der Waals surface area contributed by atoms with Crippen molar-refractivity contribution in [3.05, 3.63) is 146 Å². The molecule has 4 heteroatoms. The van der Waals surface area contributed by atoms with Gasteiger partial charge in [0.2, 0.25) is 0 Å². The Morgan fingerprint density at radius 1 is 0.419 bits per heavy atom. The van der Waals surface area contributed by atoms with Crippen LogP contribution in [0.2, 0.25) is 0 Å². The molecule has 9 aromatic rings. The second-order valence-corrected chi connectivity index (χ2v) is 10.9. The minimum Gasteiger partial charge on any atom is -0.294 e. The molecule has 0 aliphatic rings. The molecule has 9 rings (SSSR count). The summed E-state index contributed by atoms with van der Waals surface area (Å²) in [5.41, 5.74) is 6.26. The molecular formula is C39H24N4. The third kappa shape index (κ3) is 3.67. The van der Waals surface area contributed by atoms with Gasteiger partial charge in [-0.25, -0.2) is 4.98 Å². The first-order valence-electron chi connectivity index (χ1n) is 14.4. The second-order valence-electron chi connectivity index (χ2n) is 10.9. The number of hydrogen-bond acceptors (Lipinski definition) is 3. The van der Waals surface area contributed by atoms with E-state index < -0.39 is 0 Å². The molecule has 0 spiro atoms. The van der Waals surface area contributed by atoms with Crippen molar-refractivity contribution in [3.63, 3.8) is 0 Å². The van der Waals surface area contributed by atoms with E-state index in [2.05, 4.69) is 126 Å². The van der Waals surface area contributed by atoms with Crippen LogP contribution in [0, 0.1) is 0 Å². The van der Waals surface area contributed by atoms with Crippen molar-refractivity contribution in [3.8, 4) is 28.3 Å². The van der Waals surface area contributed by atoms with E-state index in [0.717, 1.165) is 50.1 Å². The minimum atomic E-state index is 0.871. The lowest BCUT2D eigenvalue weighted by atomic mass is 10.00. The Hall–Kier alpha value is -5.87. The maximum Gasteiger partial charge on any atom is 0.137 e. The summed E-state index contributed by atoms with van der Waals surface area (Å²) in [6, 6.07) is 44.9. The van der Waals surface area contributed by atoms with Crippen LogP contribution in [0.3, 0.4) is 0 Å². The molecule has 0 unspecified atom stereocenters. The molecule has 0 saturated heterocycles. The predicted octanol–water partition coefficient (Wildman–Crippen LogP) is 9.76. The number of nitrogens with zero attached hydrogens (tertiary/aromatic N) is 4. The largest absolute Gasteiger partial charge is 0.294 e. The van der Waals surface area contributed by atoms with E-state index in [-0.39, 0.29) is 0 Å². The highest BCUT2D eigenvalue weighted by atomic mass is 15.1. The highest BCUT2D eigenvalue weighted by Crippen LogP contribution is 2.39. The fraction of sp³-hybridized carbons (Fsp3) is 0. The molecule has 0 N–H and O–H groups in total. The number of fused-ring (bicyclic) bond motifs is 7. The number of aromatic nitrogens is 4. The molecule has 43 heavy (non-hydrogen) atoms. The molecule has 0 saturated carbocycles. The van der Waals surface area contributed by atoms with Gasteiger partial charge in [0.05, 0.1) is 22.4 Å². The third-order valence-electron chi connectivity index (χ3n) is 8.53. The standard InChI is InChI=1S/C39H24N4/c1-4-10-30-25(7-1)13-17-35-37(30)33-23-28(38-31-11-5-2-8-26(31)19-21-40-38)14-16-34(33)43(35)36-18-15-29(24-42-36)39-32-12-6-3-9-27(32)20-22-41-39/h1-24H. The van der Waals surface area contributed by atoms with Crippen LogP contribution in [-0.2, 0) is 0 Å². The molecular weight excluding hydrogens is 524 g/mol. The van der Waals surface area contributed by atoms with E-state index in [1.807, 2.05) is 24.7 Å². The lowest BCUT2D eigenvalue weighted by molar-refractivity contribution is 1.08. The summed E-state index contributed by atoms with van der Waals surface area (Å²) >= 11 is 0. The van der Waals surface area contributed by atoms with Crippen LogP contribution >= 0.6 is 0 Å². The Morgan fingerprint density at radius 2 is 1.00 bits per heavy atom. The molecule has 4 heterocycles. The van der Waals surface area contributed by atoms with E-state index >= 15 is 0 Å². The first-order valence-corrected chi connectivity index (χ1v) is 14.4. The first-order chi connectivity index (χ1) is 21.3. The van der Waals surface area contributed by atoms with Crippen molar-refractivity contribution in [2.24, 2.45) is 0 Å². The smallest absolute Gasteiger partial charge is 0.137 e. The molecule has 0 amide bonds. The number of hydrogen-bond donors (Lipinski definition) is 0. The zero-order valence-corrected chi connectivity index (χ0v) is 23.1. The van der Waals surface area contributed by atoms with E-state index in [1.165, 1.54) is 32.3 Å². The van der Waals surface area contributed by atoms with Gasteiger partial charge in [0.1, 0.15) is 5.82 Å². The number of benzene rings is 5. The van der Waals surface area contributed by atoms with Crippen LogP contribution in [0.4, 0.5) is 0 Å². The molecule has 4 nitrogen and oxygen atoms in total. The fourth-order valence-electron chi connectivity index (χ4n) is 6.54. The van der Waals surface area contributed by atoms with Gasteiger partial charge < -0.3 is 0 Å². The van der Waals surface area contributed by atoms with Crippen molar-refractivity contribution in [1.29, 1.82) is 0 Å². The summed E-state index contributed by atoms with van der Waals surface area (Å²) in [7, 11) is 0. The molecule has 200 valence electrons. The first kappa shape index (κ1) is 23.8. The van der Waals surface area contributed by atoms with E-state index in [0.29, 0.717) is 0 Å². The second kappa shape index (κ2) is 9.33. The maximum atomic E-state index is 5.02. The lowest BCUT2D eigenvalue weighted by Crippen LogP contribution is -1.98. The van der Waals surface area contributed by atoms with Crippen molar-refractivity contribution < 1.29 is 0 Å². The highest BCUT2D eigenvalue weighted by Gasteiger charge is 2.18. The van der Waals surface area contributed by atoms with Crippen molar-refractivity contribution in [2.45, 2.75) is 0 Å². The predicted molar refractivity (Wildman–Crippen MR) is 178 cm³/mol. The zero-order valence-electron chi connectivity index (χ0n) is 23.1.